The molecule has 0 amide bonds. The van der Waals surface area contributed by atoms with Gasteiger partial charge >= 0.3 is 0 Å². The molecule has 0 spiro atoms. The Morgan fingerprint density at radius 3 is 1.80 bits per heavy atom. The lowest BCUT2D eigenvalue weighted by molar-refractivity contribution is 0.579. The van der Waals surface area contributed by atoms with Crippen molar-refractivity contribution >= 4 is 15.9 Å². The van der Waals surface area contributed by atoms with Crippen LogP contribution in [0.25, 0.3) is 0 Å². The van der Waals surface area contributed by atoms with Gasteiger partial charge in [-0.3, -0.25) is 0 Å². The summed E-state index contributed by atoms with van der Waals surface area (Å²) in [5.74, 6) is 0. The zero-order valence-electron chi connectivity index (χ0n) is 10.3. The zero-order chi connectivity index (χ0) is 11.2. The van der Waals surface area contributed by atoms with E-state index < -0.39 is 0 Å². The Bertz CT molecular complexity index is 129. The van der Waals surface area contributed by atoms with E-state index in [2.05, 4.69) is 35.0 Å². The van der Waals surface area contributed by atoms with Crippen molar-refractivity contribution < 1.29 is 0 Å². The van der Waals surface area contributed by atoms with Gasteiger partial charge in [0, 0.05) is 5.33 Å². The quantitative estimate of drug-likeness (QED) is 0.252. The van der Waals surface area contributed by atoms with Crippen molar-refractivity contribution in [3.63, 3.8) is 0 Å². The molecule has 0 fully saturated rings. The number of unbranched alkanes of at least 4 members (excludes halogenated alkanes) is 8. The van der Waals surface area contributed by atoms with Gasteiger partial charge in [0.15, 0.2) is 0 Å². The summed E-state index contributed by atoms with van der Waals surface area (Å²) in [5.41, 5.74) is 0. The largest absolute Gasteiger partial charge is 0.0928 e. The Morgan fingerprint density at radius 1 is 0.733 bits per heavy atom. The predicted octanol–water partition coefficient (Wildman–Crippen LogP) is 5.86. The molecule has 0 atom stereocenters. The van der Waals surface area contributed by atoms with E-state index in [0.29, 0.717) is 0 Å². The fraction of sp³-hybridized carbons (Fsp3) is 0.857. The van der Waals surface area contributed by atoms with Gasteiger partial charge in [0.1, 0.15) is 0 Å². The molecular formula is C14H27Br. The average molecular weight is 275 g/mol. The Labute approximate surface area is 105 Å². The second kappa shape index (κ2) is 14.2. The fourth-order valence-corrected chi connectivity index (χ4v) is 2.10. The van der Waals surface area contributed by atoms with Crippen LogP contribution in [0.5, 0.6) is 0 Å². The zero-order valence-corrected chi connectivity index (χ0v) is 11.9. The van der Waals surface area contributed by atoms with Crippen LogP contribution in [-0.4, -0.2) is 5.33 Å². The van der Waals surface area contributed by atoms with Gasteiger partial charge in [-0.15, -0.1) is 0 Å². The summed E-state index contributed by atoms with van der Waals surface area (Å²) in [7, 11) is 0. The van der Waals surface area contributed by atoms with E-state index in [4.69, 9.17) is 0 Å². The third-order valence-corrected chi connectivity index (χ3v) is 3.22. The minimum Gasteiger partial charge on any atom is -0.0928 e. The van der Waals surface area contributed by atoms with Crippen molar-refractivity contribution in [2.75, 3.05) is 5.33 Å². The molecule has 0 rings (SSSR count). The number of hydrogen-bond acceptors (Lipinski definition) is 0. The third-order valence-electron chi connectivity index (χ3n) is 2.66. The highest BCUT2D eigenvalue weighted by Crippen LogP contribution is 2.10. The highest BCUT2D eigenvalue weighted by molar-refractivity contribution is 9.09. The Morgan fingerprint density at radius 2 is 1.27 bits per heavy atom. The van der Waals surface area contributed by atoms with E-state index in [1.165, 1.54) is 69.5 Å². The minimum atomic E-state index is 1.18. The number of allylic oxidation sites excluding steroid dienone is 2. The van der Waals surface area contributed by atoms with E-state index in [-0.39, 0.29) is 0 Å². The molecule has 0 aromatic rings. The number of alkyl halides is 1. The molecule has 90 valence electrons. The third kappa shape index (κ3) is 14.2. The van der Waals surface area contributed by atoms with Crippen LogP contribution in [0.2, 0.25) is 0 Å². The van der Waals surface area contributed by atoms with E-state index >= 15 is 0 Å². The molecule has 15 heavy (non-hydrogen) atoms. The number of halogens is 1. The van der Waals surface area contributed by atoms with Crippen molar-refractivity contribution in [2.45, 2.75) is 71.1 Å². The molecule has 0 aliphatic heterocycles. The van der Waals surface area contributed by atoms with Crippen LogP contribution in [0.15, 0.2) is 12.2 Å². The Kier molecular flexibility index (Phi) is 14.4. The number of rotatable bonds is 11. The van der Waals surface area contributed by atoms with Gasteiger partial charge in [0.05, 0.1) is 0 Å². The molecule has 0 aromatic carbocycles. The fourth-order valence-electron chi connectivity index (χ4n) is 1.70. The first-order valence-corrected chi connectivity index (χ1v) is 7.75. The molecule has 0 heterocycles. The summed E-state index contributed by atoms with van der Waals surface area (Å²) in [6.07, 6.45) is 18.4. The van der Waals surface area contributed by atoms with Gasteiger partial charge in [-0.2, -0.15) is 0 Å². The summed E-state index contributed by atoms with van der Waals surface area (Å²) >= 11 is 3.47. The first kappa shape index (κ1) is 15.2. The first-order valence-electron chi connectivity index (χ1n) is 6.62. The van der Waals surface area contributed by atoms with Crippen LogP contribution in [0.3, 0.4) is 0 Å². The molecule has 0 aliphatic rings. The normalized spacial score (nSPS) is 11.3. The van der Waals surface area contributed by atoms with Crippen LogP contribution in [0.4, 0.5) is 0 Å². The minimum absolute atomic E-state index is 1.18. The van der Waals surface area contributed by atoms with E-state index in [0.717, 1.165) is 0 Å². The van der Waals surface area contributed by atoms with Crippen molar-refractivity contribution in [3.8, 4) is 0 Å². The van der Waals surface area contributed by atoms with Gasteiger partial charge in [0.25, 0.3) is 0 Å². The van der Waals surface area contributed by atoms with Gasteiger partial charge in [-0.1, -0.05) is 73.5 Å². The van der Waals surface area contributed by atoms with Crippen molar-refractivity contribution in [1.82, 2.24) is 0 Å². The second-order valence-electron chi connectivity index (χ2n) is 4.19. The maximum atomic E-state index is 3.47. The molecule has 0 nitrogen and oxygen atoms in total. The summed E-state index contributed by atoms with van der Waals surface area (Å²) < 4.78 is 0. The maximum Gasteiger partial charge on any atom is 0.00313 e. The monoisotopic (exact) mass is 274 g/mol. The van der Waals surface area contributed by atoms with Crippen molar-refractivity contribution in [2.24, 2.45) is 0 Å². The van der Waals surface area contributed by atoms with Gasteiger partial charge in [-0.05, 0) is 25.7 Å². The molecule has 0 radical (unpaired) electrons. The van der Waals surface area contributed by atoms with E-state index in [1.54, 1.807) is 0 Å². The highest BCUT2D eigenvalue weighted by Gasteiger charge is 1.91. The highest BCUT2D eigenvalue weighted by atomic mass is 79.9. The molecule has 1 heteroatoms. The van der Waals surface area contributed by atoms with Crippen LogP contribution in [-0.2, 0) is 0 Å². The van der Waals surface area contributed by atoms with Gasteiger partial charge in [-0.25, -0.2) is 0 Å². The topological polar surface area (TPSA) is 0 Å². The van der Waals surface area contributed by atoms with Crippen LogP contribution < -0.4 is 0 Å². The SMILES string of the molecule is CC/C=C/CCCCCCCCCCBr. The summed E-state index contributed by atoms with van der Waals surface area (Å²) in [4.78, 5) is 0. The summed E-state index contributed by atoms with van der Waals surface area (Å²) in [6.45, 7) is 2.20. The molecule has 0 aliphatic carbocycles. The van der Waals surface area contributed by atoms with Gasteiger partial charge in [0.2, 0.25) is 0 Å². The smallest absolute Gasteiger partial charge is 0.00313 e. The molecule has 0 N–H and O–H groups in total. The van der Waals surface area contributed by atoms with Crippen molar-refractivity contribution in [1.29, 1.82) is 0 Å². The lowest BCUT2D eigenvalue weighted by Gasteiger charge is -2.00. The molecule has 0 aromatic heterocycles. The van der Waals surface area contributed by atoms with E-state index in [9.17, 15) is 0 Å². The lowest BCUT2D eigenvalue weighted by atomic mass is 10.1. The lowest BCUT2D eigenvalue weighted by Crippen LogP contribution is -1.81. The average Bonchev–Trinajstić information content (AvgIpc) is 2.26. The predicted molar refractivity (Wildman–Crippen MR) is 74.8 cm³/mol. The maximum absolute atomic E-state index is 3.47. The number of hydrogen-bond donors (Lipinski definition) is 0. The Hall–Kier alpha value is 0.220. The molecule has 0 saturated heterocycles. The Balaban J connectivity index is 2.89. The molecule has 0 saturated carbocycles. The van der Waals surface area contributed by atoms with Crippen LogP contribution in [0.1, 0.15) is 71.1 Å². The first-order chi connectivity index (χ1) is 7.41. The molecular weight excluding hydrogens is 248 g/mol. The second-order valence-corrected chi connectivity index (χ2v) is 4.98. The summed E-state index contributed by atoms with van der Waals surface area (Å²) in [6, 6.07) is 0. The van der Waals surface area contributed by atoms with Crippen LogP contribution in [0, 0.1) is 0 Å². The van der Waals surface area contributed by atoms with Crippen LogP contribution >= 0.6 is 15.9 Å². The summed E-state index contributed by atoms with van der Waals surface area (Å²) in [5, 5.41) is 1.18. The van der Waals surface area contributed by atoms with Crippen molar-refractivity contribution in [3.05, 3.63) is 12.2 Å². The van der Waals surface area contributed by atoms with E-state index in [1.807, 2.05) is 0 Å². The molecule has 0 unspecified atom stereocenters. The molecule has 0 bridgehead atoms. The standard InChI is InChI=1S/C14H27Br/c1-2-3-4-5-6-7-8-9-10-11-12-13-14-15/h3-4H,2,5-14H2,1H3/b4-3+. The van der Waals surface area contributed by atoms with Gasteiger partial charge < -0.3 is 0 Å².